The molecular formula is C13H20FN. The number of hydrogen-bond donors (Lipinski definition) is 1. The molecule has 2 N–H and O–H groups in total. The van der Waals surface area contributed by atoms with Gasteiger partial charge in [0.05, 0.1) is 0 Å². The monoisotopic (exact) mass is 209 g/mol. The average Bonchev–Trinajstić information content (AvgIpc) is 2.14. The van der Waals surface area contributed by atoms with Crippen LogP contribution >= 0.6 is 0 Å². The number of hydrogen-bond acceptors (Lipinski definition) is 1. The predicted octanol–water partition coefficient (Wildman–Crippen LogP) is 3.30. The smallest absolute Gasteiger partial charge is 0.123 e. The van der Waals surface area contributed by atoms with E-state index < -0.39 is 0 Å². The molecule has 0 aliphatic heterocycles. The van der Waals surface area contributed by atoms with E-state index in [9.17, 15) is 4.39 Å². The Labute approximate surface area is 91.5 Å². The fraction of sp³-hybridized carbons (Fsp3) is 0.538. The van der Waals surface area contributed by atoms with Crippen LogP contribution in [0.4, 0.5) is 4.39 Å². The van der Waals surface area contributed by atoms with Gasteiger partial charge in [0, 0.05) is 0 Å². The van der Waals surface area contributed by atoms with Gasteiger partial charge in [0.15, 0.2) is 0 Å². The van der Waals surface area contributed by atoms with Gasteiger partial charge in [-0.2, -0.15) is 0 Å². The Kier molecular flexibility index (Phi) is 3.86. The number of benzene rings is 1. The summed E-state index contributed by atoms with van der Waals surface area (Å²) >= 11 is 0. The van der Waals surface area contributed by atoms with Crippen molar-refractivity contribution < 1.29 is 4.39 Å². The van der Waals surface area contributed by atoms with Crippen LogP contribution in [0.1, 0.15) is 38.7 Å². The van der Waals surface area contributed by atoms with E-state index in [1.165, 1.54) is 17.7 Å². The van der Waals surface area contributed by atoms with Crippen molar-refractivity contribution in [2.45, 2.75) is 33.1 Å². The summed E-state index contributed by atoms with van der Waals surface area (Å²) in [5.74, 6) is 0.210. The molecule has 0 amide bonds. The first-order chi connectivity index (χ1) is 6.95. The normalized spacial score (nSPS) is 13.9. The van der Waals surface area contributed by atoms with Gasteiger partial charge in [-0.15, -0.1) is 0 Å². The molecule has 2 heteroatoms. The lowest BCUT2D eigenvalue weighted by atomic mass is 9.75. The third-order valence-corrected chi connectivity index (χ3v) is 2.77. The highest BCUT2D eigenvalue weighted by molar-refractivity contribution is 5.22. The first-order valence-electron chi connectivity index (χ1n) is 5.40. The van der Waals surface area contributed by atoms with Crippen LogP contribution in [0.3, 0.4) is 0 Å². The fourth-order valence-electron chi connectivity index (χ4n) is 1.96. The zero-order valence-corrected chi connectivity index (χ0v) is 9.76. The van der Waals surface area contributed by atoms with Gasteiger partial charge in [-0.1, -0.05) is 32.9 Å². The Bertz CT molecular complexity index is 297. The minimum absolute atomic E-state index is 0.164. The quantitative estimate of drug-likeness (QED) is 0.812. The van der Waals surface area contributed by atoms with Crippen LogP contribution in [0.5, 0.6) is 0 Å². The van der Waals surface area contributed by atoms with Crippen molar-refractivity contribution >= 4 is 0 Å². The molecule has 1 atom stereocenters. The maximum absolute atomic E-state index is 12.8. The first-order valence-corrected chi connectivity index (χ1v) is 5.40. The van der Waals surface area contributed by atoms with Crippen LogP contribution in [0, 0.1) is 11.2 Å². The molecule has 0 aromatic heterocycles. The van der Waals surface area contributed by atoms with Crippen molar-refractivity contribution in [2.75, 3.05) is 6.54 Å². The van der Waals surface area contributed by atoms with Gasteiger partial charge in [-0.3, -0.25) is 0 Å². The van der Waals surface area contributed by atoms with Crippen LogP contribution in [0.15, 0.2) is 24.3 Å². The standard InChI is InChI=1S/C13H20FN/c1-13(2,3)12(8-9-15)10-4-6-11(14)7-5-10/h4-7,12H,8-9,15H2,1-3H3. The molecular weight excluding hydrogens is 189 g/mol. The molecule has 1 unspecified atom stereocenters. The summed E-state index contributed by atoms with van der Waals surface area (Å²) in [6.07, 6.45) is 0.940. The third kappa shape index (κ3) is 3.31. The van der Waals surface area contributed by atoms with Crippen molar-refractivity contribution in [3.8, 4) is 0 Å². The highest BCUT2D eigenvalue weighted by Gasteiger charge is 2.25. The lowest BCUT2D eigenvalue weighted by Gasteiger charge is -2.31. The second kappa shape index (κ2) is 4.75. The van der Waals surface area contributed by atoms with Crippen molar-refractivity contribution in [2.24, 2.45) is 11.1 Å². The van der Waals surface area contributed by atoms with Gasteiger partial charge in [0.2, 0.25) is 0 Å². The SMILES string of the molecule is CC(C)(C)C(CCN)c1ccc(F)cc1. The Balaban J connectivity index is 2.94. The molecule has 0 saturated carbocycles. The molecule has 0 spiro atoms. The van der Waals surface area contributed by atoms with Gasteiger partial charge in [0.1, 0.15) is 5.82 Å². The van der Waals surface area contributed by atoms with E-state index in [2.05, 4.69) is 20.8 Å². The topological polar surface area (TPSA) is 26.0 Å². The largest absolute Gasteiger partial charge is 0.330 e. The second-order valence-corrected chi connectivity index (χ2v) is 5.05. The second-order valence-electron chi connectivity index (χ2n) is 5.05. The minimum atomic E-state index is -0.181. The molecule has 0 saturated heterocycles. The van der Waals surface area contributed by atoms with Crippen molar-refractivity contribution in [3.63, 3.8) is 0 Å². The number of halogens is 1. The summed E-state index contributed by atoms with van der Waals surface area (Å²) in [4.78, 5) is 0. The van der Waals surface area contributed by atoms with Gasteiger partial charge >= 0.3 is 0 Å². The van der Waals surface area contributed by atoms with Crippen molar-refractivity contribution in [1.82, 2.24) is 0 Å². The molecule has 1 aromatic carbocycles. The lowest BCUT2D eigenvalue weighted by Crippen LogP contribution is -2.21. The molecule has 0 aliphatic rings. The zero-order valence-electron chi connectivity index (χ0n) is 9.76. The Morgan fingerprint density at radius 1 is 1.20 bits per heavy atom. The van der Waals surface area contributed by atoms with Gasteiger partial charge in [-0.25, -0.2) is 4.39 Å². The minimum Gasteiger partial charge on any atom is -0.330 e. The Morgan fingerprint density at radius 2 is 1.73 bits per heavy atom. The zero-order chi connectivity index (χ0) is 11.5. The molecule has 0 radical (unpaired) electrons. The number of rotatable bonds is 3. The van der Waals surface area contributed by atoms with Crippen molar-refractivity contribution in [3.05, 3.63) is 35.6 Å². The molecule has 0 fully saturated rings. The summed E-state index contributed by atoms with van der Waals surface area (Å²) in [6, 6.07) is 6.76. The maximum Gasteiger partial charge on any atom is 0.123 e. The highest BCUT2D eigenvalue weighted by Crippen LogP contribution is 2.37. The molecule has 15 heavy (non-hydrogen) atoms. The highest BCUT2D eigenvalue weighted by atomic mass is 19.1. The van der Waals surface area contributed by atoms with E-state index in [4.69, 9.17) is 5.73 Å². The Morgan fingerprint density at radius 3 is 2.13 bits per heavy atom. The molecule has 1 aromatic rings. The average molecular weight is 209 g/mol. The van der Waals surface area contributed by atoms with E-state index in [0.717, 1.165) is 6.42 Å². The summed E-state index contributed by atoms with van der Waals surface area (Å²) in [5, 5.41) is 0. The molecule has 84 valence electrons. The number of nitrogens with two attached hydrogens (primary N) is 1. The summed E-state index contributed by atoms with van der Waals surface area (Å²) < 4.78 is 12.8. The molecule has 1 rings (SSSR count). The fourth-order valence-corrected chi connectivity index (χ4v) is 1.96. The van der Waals surface area contributed by atoms with Crippen LogP contribution < -0.4 is 5.73 Å². The maximum atomic E-state index is 12.8. The predicted molar refractivity (Wildman–Crippen MR) is 62.3 cm³/mol. The molecule has 0 bridgehead atoms. The Hall–Kier alpha value is -0.890. The van der Waals surface area contributed by atoms with Gasteiger partial charge in [0.25, 0.3) is 0 Å². The van der Waals surface area contributed by atoms with Crippen LogP contribution in [0.2, 0.25) is 0 Å². The molecule has 0 heterocycles. The van der Waals surface area contributed by atoms with Gasteiger partial charge in [-0.05, 0) is 42.0 Å². The van der Waals surface area contributed by atoms with E-state index in [0.29, 0.717) is 12.5 Å². The molecule has 1 nitrogen and oxygen atoms in total. The van der Waals surface area contributed by atoms with E-state index in [-0.39, 0.29) is 11.2 Å². The van der Waals surface area contributed by atoms with Crippen LogP contribution in [-0.2, 0) is 0 Å². The summed E-state index contributed by atoms with van der Waals surface area (Å²) in [7, 11) is 0. The van der Waals surface area contributed by atoms with Crippen molar-refractivity contribution in [1.29, 1.82) is 0 Å². The van der Waals surface area contributed by atoms with E-state index >= 15 is 0 Å². The third-order valence-electron chi connectivity index (χ3n) is 2.77. The summed E-state index contributed by atoms with van der Waals surface area (Å²) in [6.45, 7) is 7.24. The molecule has 0 aliphatic carbocycles. The first kappa shape index (κ1) is 12.2. The van der Waals surface area contributed by atoms with Crippen LogP contribution in [0.25, 0.3) is 0 Å². The van der Waals surface area contributed by atoms with E-state index in [1.54, 1.807) is 0 Å². The van der Waals surface area contributed by atoms with Crippen LogP contribution in [-0.4, -0.2) is 6.54 Å². The van der Waals surface area contributed by atoms with E-state index in [1.807, 2.05) is 12.1 Å². The van der Waals surface area contributed by atoms with Gasteiger partial charge < -0.3 is 5.73 Å². The lowest BCUT2D eigenvalue weighted by molar-refractivity contribution is 0.307. The summed E-state index contributed by atoms with van der Waals surface area (Å²) in [5.41, 5.74) is 6.96.